The highest BCUT2D eigenvalue weighted by atomic mass is 32.1. The van der Waals surface area contributed by atoms with Crippen molar-refractivity contribution < 1.29 is 19.0 Å². The summed E-state index contributed by atoms with van der Waals surface area (Å²) in [6.45, 7) is 2.06. The highest BCUT2D eigenvalue weighted by molar-refractivity contribution is 7.22. The fourth-order valence-electron chi connectivity index (χ4n) is 2.42. The Morgan fingerprint density at radius 1 is 1.22 bits per heavy atom. The number of nitrogen functional groups attached to an aromatic ring is 1. The topological polar surface area (TPSA) is 83.7 Å². The van der Waals surface area contributed by atoms with E-state index in [0.717, 1.165) is 21.0 Å². The van der Waals surface area contributed by atoms with Gasteiger partial charge in [0.1, 0.15) is 4.88 Å². The second-order valence-electron chi connectivity index (χ2n) is 4.79. The summed E-state index contributed by atoms with van der Waals surface area (Å²) in [5.41, 5.74) is 7.24. The number of nitrogens with zero attached hydrogens (tertiary/aromatic N) is 1. The third kappa shape index (κ3) is 2.43. The van der Waals surface area contributed by atoms with Crippen molar-refractivity contribution in [2.24, 2.45) is 0 Å². The number of methoxy groups -OCH3 is 2. The number of anilines is 1. The molecule has 120 valence electrons. The summed E-state index contributed by atoms with van der Waals surface area (Å²) < 4.78 is 16.6. The van der Waals surface area contributed by atoms with Crippen LogP contribution < -0.4 is 15.2 Å². The largest absolute Gasteiger partial charge is 0.493 e. The number of benzene rings is 1. The first kappa shape index (κ1) is 15.4. The Hall–Kier alpha value is -2.54. The molecule has 0 aliphatic heterocycles. The normalized spacial score (nSPS) is 10.9. The van der Waals surface area contributed by atoms with Crippen molar-refractivity contribution >= 4 is 44.0 Å². The minimum Gasteiger partial charge on any atom is -0.493 e. The van der Waals surface area contributed by atoms with E-state index < -0.39 is 5.97 Å². The Bertz CT molecular complexity index is 904. The van der Waals surface area contributed by atoms with Crippen LogP contribution in [0.2, 0.25) is 0 Å². The Morgan fingerprint density at radius 2 is 1.91 bits per heavy atom. The molecule has 3 aromatic rings. The van der Waals surface area contributed by atoms with Crippen LogP contribution in [0.4, 0.5) is 5.69 Å². The number of thiophene rings is 1. The van der Waals surface area contributed by atoms with E-state index in [1.807, 2.05) is 6.07 Å². The molecular weight excluding hydrogens is 316 g/mol. The number of fused-ring (bicyclic) bond motifs is 3. The maximum absolute atomic E-state index is 12.0. The summed E-state index contributed by atoms with van der Waals surface area (Å²) in [7, 11) is 3.15. The van der Waals surface area contributed by atoms with Crippen molar-refractivity contribution in [2.45, 2.75) is 6.92 Å². The molecule has 0 saturated carbocycles. The van der Waals surface area contributed by atoms with Gasteiger partial charge in [-0.1, -0.05) is 0 Å². The van der Waals surface area contributed by atoms with Crippen LogP contribution in [0.5, 0.6) is 11.5 Å². The van der Waals surface area contributed by atoms with Gasteiger partial charge in [-0.2, -0.15) is 0 Å². The first-order valence-corrected chi connectivity index (χ1v) is 7.82. The molecule has 3 rings (SSSR count). The lowest BCUT2D eigenvalue weighted by molar-refractivity contribution is 0.0533. The molecule has 2 aromatic heterocycles. The molecule has 0 saturated heterocycles. The maximum atomic E-state index is 12.0. The predicted octanol–water partition coefficient (Wildman–Crippen LogP) is 3.23. The smallest absolute Gasteiger partial charge is 0.350 e. The Balaban J connectivity index is 2.30. The number of nitrogens with two attached hydrogens (primary N) is 1. The van der Waals surface area contributed by atoms with Crippen LogP contribution in [0.3, 0.4) is 0 Å². The van der Waals surface area contributed by atoms with Crippen molar-refractivity contribution in [2.75, 3.05) is 26.6 Å². The maximum Gasteiger partial charge on any atom is 0.350 e. The van der Waals surface area contributed by atoms with Gasteiger partial charge in [-0.3, -0.25) is 4.98 Å². The fourth-order valence-corrected chi connectivity index (χ4v) is 3.54. The second-order valence-corrected chi connectivity index (χ2v) is 5.81. The van der Waals surface area contributed by atoms with E-state index in [4.69, 9.17) is 19.9 Å². The van der Waals surface area contributed by atoms with Gasteiger partial charge >= 0.3 is 5.97 Å². The number of pyridine rings is 1. The van der Waals surface area contributed by atoms with Crippen LogP contribution in [0.15, 0.2) is 18.3 Å². The molecule has 6 nitrogen and oxygen atoms in total. The predicted molar refractivity (Wildman–Crippen MR) is 90.6 cm³/mol. The third-order valence-corrected chi connectivity index (χ3v) is 4.76. The highest BCUT2D eigenvalue weighted by Gasteiger charge is 2.20. The van der Waals surface area contributed by atoms with E-state index in [9.17, 15) is 4.79 Å². The Morgan fingerprint density at radius 3 is 2.57 bits per heavy atom. The lowest BCUT2D eigenvalue weighted by atomic mass is 10.1. The monoisotopic (exact) mass is 332 g/mol. The van der Waals surface area contributed by atoms with E-state index >= 15 is 0 Å². The van der Waals surface area contributed by atoms with Gasteiger partial charge in [0.2, 0.25) is 0 Å². The summed E-state index contributed by atoms with van der Waals surface area (Å²) in [6, 6.07) is 3.64. The van der Waals surface area contributed by atoms with Crippen LogP contribution in [0.25, 0.3) is 21.0 Å². The molecule has 0 bridgehead atoms. The van der Waals surface area contributed by atoms with Crippen molar-refractivity contribution in [3.05, 3.63) is 23.2 Å². The van der Waals surface area contributed by atoms with E-state index in [1.165, 1.54) is 11.3 Å². The summed E-state index contributed by atoms with van der Waals surface area (Å²) in [5.74, 6) is 0.778. The van der Waals surface area contributed by atoms with Crippen LogP contribution in [0, 0.1) is 0 Å². The van der Waals surface area contributed by atoms with Gasteiger partial charge in [0.15, 0.2) is 11.5 Å². The zero-order valence-corrected chi connectivity index (χ0v) is 13.8. The molecule has 0 aliphatic rings. The molecule has 0 atom stereocenters. The fraction of sp³-hybridized carbons (Fsp3) is 0.250. The zero-order valence-electron chi connectivity index (χ0n) is 13.0. The van der Waals surface area contributed by atoms with E-state index in [1.54, 1.807) is 33.4 Å². The van der Waals surface area contributed by atoms with Crippen LogP contribution >= 0.6 is 11.3 Å². The Labute approximate surface area is 136 Å². The van der Waals surface area contributed by atoms with Crippen molar-refractivity contribution in [3.8, 4) is 11.5 Å². The number of aromatic nitrogens is 1. The highest BCUT2D eigenvalue weighted by Crippen LogP contribution is 2.41. The van der Waals surface area contributed by atoms with E-state index in [2.05, 4.69) is 4.98 Å². The molecule has 2 heterocycles. The molecule has 1 aromatic carbocycles. The molecule has 0 amide bonds. The molecule has 0 radical (unpaired) electrons. The SMILES string of the molecule is CCOC(=O)c1sc2c(cnc3cc(OC)c(OC)cc32)c1N. The minimum atomic E-state index is -0.417. The first-order valence-electron chi connectivity index (χ1n) is 7.00. The molecule has 7 heteroatoms. The van der Waals surface area contributed by atoms with Gasteiger partial charge in [0.05, 0.1) is 32.0 Å². The number of rotatable bonds is 4. The van der Waals surface area contributed by atoms with Gasteiger partial charge in [0.25, 0.3) is 0 Å². The van der Waals surface area contributed by atoms with Gasteiger partial charge in [-0.15, -0.1) is 11.3 Å². The van der Waals surface area contributed by atoms with E-state index in [0.29, 0.717) is 28.7 Å². The van der Waals surface area contributed by atoms with Gasteiger partial charge < -0.3 is 19.9 Å². The van der Waals surface area contributed by atoms with Crippen LogP contribution in [-0.4, -0.2) is 31.8 Å². The number of hydrogen-bond acceptors (Lipinski definition) is 7. The van der Waals surface area contributed by atoms with Gasteiger partial charge in [-0.25, -0.2) is 4.79 Å². The molecule has 2 N–H and O–H groups in total. The average Bonchev–Trinajstić information content (AvgIpc) is 2.91. The number of ether oxygens (including phenoxy) is 3. The lowest BCUT2D eigenvalue weighted by Crippen LogP contribution is -2.04. The van der Waals surface area contributed by atoms with Crippen molar-refractivity contribution in [1.82, 2.24) is 4.98 Å². The Kier molecular flexibility index (Phi) is 3.96. The molecule has 0 unspecified atom stereocenters. The summed E-state index contributed by atoms with van der Waals surface area (Å²) in [5, 5.41) is 1.59. The molecular formula is C16H16N2O4S. The summed E-state index contributed by atoms with van der Waals surface area (Å²) >= 11 is 1.30. The number of hydrogen-bond donors (Lipinski definition) is 1. The van der Waals surface area contributed by atoms with Crippen LogP contribution in [0.1, 0.15) is 16.6 Å². The number of carbonyl (C=O) groups is 1. The van der Waals surface area contributed by atoms with Gasteiger partial charge in [0, 0.05) is 27.7 Å². The third-order valence-electron chi connectivity index (χ3n) is 3.52. The summed E-state index contributed by atoms with van der Waals surface area (Å²) in [6.07, 6.45) is 1.66. The van der Waals surface area contributed by atoms with E-state index in [-0.39, 0.29) is 0 Å². The number of carbonyl (C=O) groups excluding carboxylic acids is 1. The quantitative estimate of drug-likeness (QED) is 0.739. The van der Waals surface area contributed by atoms with Gasteiger partial charge in [-0.05, 0) is 13.0 Å². The summed E-state index contributed by atoms with van der Waals surface area (Å²) in [4.78, 5) is 16.8. The zero-order chi connectivity index (χ0) is 16.6. The molecule has 23 heavy (non-hydrogen) atoms. The lowest BCUT2D eigenvalue weighted by Gasteiger charge is -2.09. The van der Waals surface area contributed by atoms with Crippen molar-refractivity contribution in [1.29, 1.82) is 0 Å². The average molecular weight is 332 g/mol. The van der Waals surface area contributed by atoms with Crippen molar-refractivity contribution in [3.63, 3.8) is 0 Å². The first-order chi connectivity index (χ1) is 11.1. The second kappa shape index (κ2) is 5.92. The molecule has 0 fully saturated rings. The standard InChI is InChI=1S/C16H16N2O4S/c1-4-22-16(19)15-13(17)9-7-18-10-6-12(21-3)11(20-2)5-8(10)14(9)23-15/h5-7H,4,17H2,1-3H3. The minimum absolute atomic E-state index is 0.302. The number of esters is 1. The molecule has 0 aliphatic carbocycles. The molecule has 0 spiro atoms. The van der Waals surface area contributed by atoms with Crippen LogP contribution in [-0.2, 0) is 4.74 Å².